The number of aromatic nitrogens is 2. The minimum atomic E-state index is -0.797. The Bertz CT molecular complexity index is 667. The van der Waals surface area contributed by atoms with E-state index in [1.807, 2.05) is 0 Å². The van der Waals surface area contributed by atoms with E-state index in [0.29, 0.717) is 17.8 Å². The number of esters is 1. The van der Waals surface area contributed by atoms with E-state index >= 15 is 0 Å². The molecule has 0 unspecified atom stereocenters. The van der Waals surface area contributed by atoms with Crippen molar-refractivity contribution in [3.63, 3.8) is 0 Å². The fourth-order valence-electron chi connectivity index (χ4n) is 1.82. The van der Waals surface area contributed by atoms with Crippen molar-refractivity contribution in [3.05, 3.63) is 51.9 Å². The second kappa shape index (κ2) is 10.5. The Hall–Kier alpha value is -1.31. The number of pyridine rings is 2. The molecule has 0 aliphatic carbocycles. The van der Waals surface area contributed by atoms with Crippen molar-refractivity contribution in [2.24, 2.45) is 5.73 Å². The minimum Gasteiger partial charge on any atom is -0.460 e. The normalized spacial score (nSPS) is 11.0. The average molecular weight is 414 g/mol. The number of rotatable bonds is 5. The molecule has 24 heavy (non-hydrogen) atoms. The number of nitrogens with two attached hydrogens (primary N) is 2. The highest BCUT2D eigenvalue weighted by Gasteiger charge is 2.16. The van der Waals surface area contributed by atoms with E-state index in [4.69, 9.17) is 39.4 Å². The number of hydrogen-bond donors (Lipinski definition) is 2. The molecule has 10 heteroatoms. The van der Waals surface area contributed by atoms with E-state index in [0.717, 1.165) is 5.56 Å². The first-order chi connectivity index (χ1) is 10.4. The molecule has 0 bridgehead atoms. The monoisotopic (exact) mass is 412 g/mol. The van der Waals surface area contributed by atoms with Gasteiger partial charge >= 0.3 is 5.97 Å². The molecule has 0 spiro atoms. The fourth-order valence-corrected chi connectivity index (χ4v) is 2.32. The molecule has 0 radical (unpaired) electrons. The lowest BCUT2D eigenvalue weighted by atomic mass is 10.1. The molecule has 0 aliphatic rings. The summed E-state index contributed by atoms with van der Waals surface area (Å²) in [5.74, 6) is -0.154. The summed E-state index contributed by atoms with van der Waals surface area (Å²) in [5.41, 5.74) is 12.8. The van der Waals surface area contributed by atoms with Crippen LogP contribution in [0.25, 0.3) is 0 Å². The zero-order valence-electron chi connectivity index (χ0n) is 12.3. The number of nitrogens with zero attached hydrogens (tertiary/aromatic N) is 2. The zero-order valence-corrected chi connectivity index (χ0v) is 15.5. The molecule has 2 aromatic rings. The Morgan fingerprint density at radius 2 is 1.79 bits per heavy atom. The summed E-state index contributed by atoms with van der Waals surface area (Å²) in [7, 11) is 0. The first-order valence-electron chi connectivity index (χ1n) is 6.38. The van der Waals surface area contributed by atoms with Crippen molar-refractivity contribution < 1.29 is 9.53 Å². The number of anilines is 1. The van der Waals surface area contributed by atoms with Crippen LogP contribution in [-0.4, -0.2) is 22.0 Å². The first kappa shape index (κ1) is 22.7. The second-order valence-electron chi connectivity index (χ2n) is 4.63. The van der Waals surface area contributed by atoms with Crippen molar-refractivity contribution >= 4 is 59.8 Å². The maximum absolute atomic E-state index is 11.9. The molecule has 2 heterocycles. The summed E-state index contributed by atoms with van der Waals surface area (Å²) in [5, 5.41) is 0.463. The third-order valence-electron chi connectivity index (χ3n) is 2.81. The molecule has 0 amide bonds. The van der Waals surface area contributed by atoms with Gasteiger partial charge in [-0.1, -0.05) is 23.2 Å². The largest absolute Gasteiger partial charge is 0.460 e. The van der Waals surface area contributed by atoms with Crippen LogP contribution in [0.2, 0.25) is 10.3 Å². The van der Waals surface area contributed by atoms with Crippen LogP contribution < -0.4 is 11.5 Å². The van der Waals surface area contributed by atoms with Crippen LogP contribution in [0.15, 0.2) is 30.5 Å². The van der Waals surface area contributed by atoms with Crippen LogP contribution >= 0.6 is 48.0 Å². The van der Waals surface area contributed by atoms with Crippen molar-refractivity contribution in [2.75, 3.05) is 5.73 Å². The molecule has 132 valence electrons. The van der Waals surface area contributed by atoms with Crippen LogP contribution in [0.3, 0.4) is 0 Å². The Morgan fingerprint density at radius 3 is 2.38 bits per heavy atom. The van der Waals surface area contributed by atoms with Crippen molar-refractivity contribution in [3.8, 4) is 0 Å². The van der Waals surface area contributed by atoms with Crippen LogP contribution in [0.1, 0.15) is 11.1 Å². The molecule has 0 saturated heterocycles. The highest BCUT2D eigenvalue weighted by Crippen LogP contribution is 2.15. The molecule has 2 rings (SSSR count). The summed E-state index contributed by atoms with van der Waals surface area (Å²) in [4.78, 5) is 19.6. The van der Waals surface area contributed by atoms with Gasteiger partial charge in [0.1, 0.15) is 28.8 Å². The molecule has 0 aromatic carbocycles. The SMILES string of the molecule is Cl.Cl.Nc1cc(C[C@H](N)C(=O)OCc2cc(Cl)nc(Cl)c2)ccn1. The Morgan fingerprint density at radius 1 is 1.17 bits per heavy atom. The van der Waals surface area contributed by atoms with Gasteiger partial charge in [-0.15, -0.1) is 24.8 Å². The number of halogens is 4. The first-order valence-corrected chi connectivity index (χ1v) is 7.14. The molecule has 0 saturated carbocycles. The number of carbonyl (C=O) groups excluding carboxylic acids is 1. The van der Waals surface area contributed by atoms with E-state index in [1.54, 1.807) is 30.5 Å². The van der Waals surface area contributed by atoms with E-state index in [2.05, 4.69) is 9.97 Å². The highest BCUT2D eigenvalue weighted by atomic mass is 35.5. The third kappa shape index (κ3) is 7.07. The van der Waals surface area contributed by atoms with Gasteiger partial charge < -0.3 is 16.2 Å². The fraction of sp³-hybridized carbons (Fsp3) is 0.214. The Balaban J connectivity index is 0.00000264. The van der Waals surface area contributed by atoms with E-state index in [-0.39, 0.29) is 41.7 Å². The molecule has 1 atom stereocenters. The molecule has 6 nitrogen and oxygen atoms in total. The van der Waals surface area contributed by atoms with Crippen LogP contribution in [0.5, 0.6) is 0 Å². The topological polar surface area (TPSA) is 104 Å². The van der Waals surface area contributed by atoms with Gasteiger partial charge in [-0.3, -0.25) is 4.79 Å². The lowest BCUT2D eigenvalue weighted by Gasteiger charge is -2.12. The van der Waals surface area contributed by atoms with Gasteiger partial charge in [-0.25, -0.2) is 9.97 Å². The second-order valence-corrected chi connectivity index (χ2v) is 5.40. The zero-order chi connectivity index (χ0) is 16.1. The van der Waals surface area contributed by atoms with Gasteiger partial charge in [0.05, 0.1) is 0 Å². The summed E-state index contributed by atoms with van der Waals surface area (Å²) < 4.78 is 5.15. The predicted molar refractivity (Wildman–Crippen MR) is 98.9 cm³/mol. The van der Waals surface area contributed by atoms with Gasteiger partial charge in [0, 0.05) is 6.20 Å². The lowest BCUT2D eigenvalue weighted by Crippen LogP contribution is -2.34. The molecule has 4 N–H and O–H groups in total. The quantitative estimate of drug-likeness (QED) is 0.576. The number of nitrogen functional groups attached to an aromatic ring is 1. The van der Waals surface area contributed by atoms with Crippen LogP contribution in [0.4, 0.5) is 5.82 Å². The van der Waals surface area contributed by atoms with Crippen LogP contribution in [0, 0.1) is 0 Å². The maximum Gasteiger partial charge on any atom is 0.323 e. The number of carbonyl (C=O) groups is 1. The maximum atomic E-state index is 11.9. The summed E-state index contributed by atoms with van der Waals surface area (Å²) >= 11 is 11.5. The van der Waals surface area contributed by atoms with E-state index in [1.165, 1.54) is 0 Å². The molecular formula is C14H16Cl4N4O2. The van der Waals surface area contributed by atoms with Crippen molar-refractivity contribution in [1.29, 1.82) is 0 Å². The molecule has 0 fully saturated rings. The minimum absolute atomic E-state index is 0. The standard InChI is InChI=1S/C14H14Cl2N4O2.2ClH/c15-11-4-9(5-12(16)20-11)7-22-14(21)10(17)3-8-1-2-19-13(18)6-8;;/h1-2,4-6,10H,3,7,17H2,(H2,18,19);2*1H/t10-;;/m0../s1. The van der Waals surface area contributed by atoms with E-state index in [9.17, 15) is 4.79 Å². The Kier molecular flexibility index (Phi) is 9.96. The lowest BCUT2D eigenvalue weighted by molar-refractivity contribution is -0.146. The summed E-state index contributed by atoms with van der Waals surface area (Å²) in [6.45, 7) is 0.0208. The van der Waals surface area contributed by atoms with Gasteiger partial charge in [0.15, 0.2) is 0 Å². The molecule has 0 aliphatic heterocycles. The van der Waals surface area contributed by atoms with Crippen LogP contribution in [-0.2, 0) is 22.6 Å². The van der Waals surface area contributed by atoms with Gasteiger partial charge in [0.2, 0.25) is 0 Å². The predicted octanol–water partition coefficient (Wildman–Crippen LogP) is 2.82. The summed E-state index contributed by atoms with van der Waals surface area (Å²) in [6.07, 6.45) is 1.87. The highest BCUT2D eigenvalue weighted by molar-refractivity contribution is 6.32. The van der Waals surface area contributed by atoms with Gasteiger partial charge in [-0.2, -0.15) is 0 Å². The summed E-state index contributed by atoms with van der Waals surface area (Å²) in [6, 6.07) is 5.74. The van der Waals surface area contributed by atoms with Gasteiger partial charge in [0.25, 0.3) is 0 Å². The van der Waals surface area contributed by atoms with Crippen molar-refractivity contribution in [1.82, 2.24) is 9.97 Å². The van der Waals surface area contributed by atoms with Gasteiger partial charge in [-0.05, 0) is 41.8 Å². The molecular weight excluding hydrogens is 398 g/mol. The smallest absolute Gasteiger partial charge is 0.323 e. The number of ether oxygens (including phenoxy) is 1. The Labute approximate surface area is 161 Å². The third-order valence-corrected chi connectivity index (χ3v) is 3.19. The average Bonchev–Trinajstić information content (AvgIpc) is 2.43. The van der Waals surface area contributed by atoms with Crippen molar-refractivity contribution in [2.45, 2.75) is 19.1 Å². The number of hydrogen-bond acceptors (Lipinski definition) is 6. The van der Waals surface area contributed by atoms with E-state index < -0.39 is 12.0 Å². The molecule has 2 aromatic heterocycles.